The zero-order valence-electron chi connectivity index (χ0n) is 15.3. The molecule has 138 valence electrons. The number of rotatable bonds is 6. The molecule has 6 heteroatoms. The van der Waals surface area contributed by atoms with Gasteiger partial charge in [0.05, 0.1) is 0 Å². The van der Waals surface area contributed by atoms with E-state index in [0.717, 1.165) is 18.7 Å². The Kier molecular flexibility index (Phi) is 6.96. The number of aliphatic hydroxyl groups excluding tert-OH is 1. The minimum Gasteiger partial charge on any atom is -0.383 e. The smallest absolute Gasteiger partial charge is 0.249 e. The highest BCUT2D eigenvalue weighted by Crippen LogP contribution is 2.10. The maximum atomic E-state index is 12.9. The van der Waals surface area contributed by atoms with Crippen molar-refractivity contribution in [2.24, 2.45) is 5.92 Å². The molecule has 2 atom stereocenters. The molecule has 25 heavy (non-hydrogen) atoms. The lowest BCUT2D eigenvalue weighted by Crippen LogP contribution is -2.56. The fourth-order valence-electron chi connectivity index (χ4n) is 2.86. The Morgan fingerprint density at radius 3 is 2.28 bits per heavy atom. The second-order valence-corrected chi connectivity index (χ2v) is 7.07. The van der Waals surface area contributed by atoms with Crippen molar-refractivity contribution < 1.29 is 14.7 Å². The van der Waals surface area contributed by atoms with E-state index in [1.54, 1.807) is 18.7 Å². The van der Waals surface area contributed by atoms with Gasteiger partial charge in [-0.3, -0.25) is 9.59 Å². The maximum absolute atomic E-state index is 12.9. The maximum Gasteiger partial charge on any atom is 0.249 e. The summed E-state index contributed by atoms with van der Waals surface area (Å²) in [6.45, 7) is 6.52. The van der Waals surface area contributed by atoms with Gasteiger partial charge >= 0.3 is 0 Å². The molecule has 0 aromatic heterocycles. The van der Waals surface area contributed by atoms with Gasteiger partial charge in [0.1, 0.15) is 12.1 Å². The van der Waals surface area contributed by atoms with Crippen LogP contribution in [0.3, 0.4) is 0 Å². The summed E-state index contributed by atoms with van der Waals surface area (Å²) in [4.78, 5) is 29.2. The Hall–Kier alpha value is -1.92. The van der Waals surface area contributed by atoms with Gasteiger partial charge in [-0.15, -0.1) is 0 Å². The van der Waals surface area contributed by atoms with E-state index in [2.05, 4.69) is 10.2 Å². The Morgan fingerprint density at radius 2 is 1.72 bits per heavy atom. The SMILES string of the molecule is CC(C)[C@@H](O)C(=O)NC(Cc1ccccc1)C(=O)N1CCN(C)CC1. The summed E-state index contributed by atoms with van der Waals surface area (Å²) < 4.78 is 0. The van der Waals surface area contributed by atoms with Crippen LogP contribution in [0.5, 0.6) is 0 Å². The van der Waals surface area contributed by atoms with Crippen molar-refractivity contribution >= 4 is 11.8 Å². The van der Waals surface area contributed by atoms with Crippen LogP contribution in [0.2, 0.25) is 0 Å². The Bertz CT molecular complexity index is 569. The minimum absolute atomic E-state index is 0.0822. The fourth-order valence-corrected chi connectivity index (χ4v) is 2.86. The van der Waals surface area contributed by atoms with Crippen molar-refractivity contribution in [3.63, 3.8) is 0 Å². The van der Waals surface area contributed by atoms with Crippen LogP contribution in [-0.2, 0) is 16.0 Å². The van der Waals surface area contributed by atoms with Gasteiger partial charge in [-0.2, -0.15) is 0 Å². The van der Waals surface area contributed by atoms with Crippen molar-refractivity contribution in [3.05, 3.63) is 35.9 Å². The molecule has 0 aliphatic carbocycles. The number of carbonyl (C=O) groups is 2. The zero-order chi connectivity index (χ0) is 18.4. The first-order valence-corrected chi connectivity index (χ1v) is 8.88. The third kappa shape index (κ3) is 5.54. The molecular formula is C19H29N3O3. The first kappa shape index (κ1) is 19.4. The molecule has 1 unspecified atom stereocenters. The number of likely N-dealkylation sites (N-methyl/N-ethyl adjacent to an activating group) is 1. The summed E-state index contributed by atoms with van der Waals surface area (Å²) >= 11 is 0. The van der Waals surface area contributed by atoms with Crippen molar-refractivity contribution in [1.29, 1.82) is 0 Å². The van der Waals surface area contributed by atoms with Gasteiger partial charge in [-0.25, -0.2) is 0 Å². The van der Waals surface area contributed by atoms with Crippen molar-refractivity contribution in [2.45, 2.75) is 32.4 Å². The van der Waals surface area contributed by atoms with E-state index in [1.165, 1.54) is 0 Å². The average Bonchev–Trinajstić information content (AvgIpc) is 2.61. The summed E-state index contributed by atoms with van der Waals surface area (Å²) in [5, 5.41) is 12.8. The molecule has 1 aliphatic heterocycles. The van der Waals surface area contributed by atoms with Gasteiger partial charge in [-0.05, 0) is 18.5 Å². The molecule has 1 aromatic carbocycles. The third-order valence-electron chi connectivity index (χ3n) is 4.61. The molecule has 0 bridgehead atoms. The number of carbonyl (C=O) groups excluding carboxylic acids is 2. The van der Waals surface area contributed by atoms with Crippen molar-refractivity contribution in [2.75, 3.05) is 33.2 Å². The highest BCUT2D eigenvalue weighted by molar-refractivity contribution is 5.89. The second kappa shape index (κ2) is 8.97. The van der Waals surface area contributed by atoms with E-state index in [0.29, 0.717) is 19.5 Å². The summed E-state index contributed by atoms with van der Waals surface area (Å²) in [6.07, 6.45) is -0.693. The quantitative estimate of drug-likeness (QED) is 0.786. The number of hydrogen-bond donors (Lipinski definition) is 2. The van der Waals surface area contributed by atoms with E-state index < -0.39 is 18.1 Å². The van der Waals surface area contributed by atoms with Crippen LogP contribution in [0.25, 0.3) is 0 Å². The number of nitrogens with one attached hydrogen (secondary N) is 1. The summed E-state index contributed by atoms with van der Waals surface area (Å²) in [5.41, 5.74) is 0.981. The fraction of sp³-hybridized carbons (Fsp3) is 0.579. The van der Waals surface area contributed by atoms with Gasteiger partial charge in [0.25, 0.3) is 0 Å². The largest absolute Gasteiger partial charge is 0.383 e. The standard InChI is InChI=1S/C19H29N3O3/c1-14(2)17(23)18(24)20-16(13-15-7-5-4-6-8-15)19(25)22-11-9-21(3)10-12-22/h4-8,14,16-17,23H,9-13H2,1-3H3,(H,20,24)/t16?,17-/m1/s1. The van der Waals surface area contributed by atoms with E-state index in [1.807, 2.05) is 37.4 Å². The lowest BCUT2D eigenvalue weighted by atomic mass is 10.0. The number of benzene rings is 1. The molecule has 2 rings (SSSR count). The number of amides is 2. The zero-order valence-corrected chi connectivity index (χ0v) is 15.3. The topological polar surface area (TPSA) is 72.9 Å². The summed E-state index contributed by atoms with van der Waals surface area (Å²) in [7, 11) is 2.03. The monoisotopic (exact) mass is 347 g/mol. The van der Waals surface area contributed by atoms with Crippen LogP contribution in [0.1, 0.15) is 19.4 Å². The predicted octanol–water partition coefficient (Wildman–Crippen LogP) is 0.505. The molecule has 1 aliphatic rings. The first-order chi connectivity index (χ1) is 11.9. The van der Waals surface area contributed by atoms with Crippen LogP contribution in [0, 0.1) is 5.92 Å². The van der Waals surface area contributed by atoms with Crippen LogP contribution >= 0.6 is 0 Å². The minimum atomic E-state index is -1.11. The molecule has 2 amide bonds. The van der Waals surface area contributed by atoms with E-state index in [-0.39, 0.29) is 11.8 Å². The number of nitrogens with zero attached hydrogens (tertiary/aromatic N) is 2. The molecule has 1 fully saturated rings. The Labute approximate surface area is 149 Å². The first-order valence-electron chi connectivity index (χ1n) is 8.88. The Balaban J connectivity index is 2.10. The van der Waals surface area contributed by atoms with Crippen LogP contribution in [-0.4, -0.2) is 72.1 Å². The third-order valence-corrected chi connectivity index (χ3v) is 4.61. The van der Waals surface area contributed by atoms with Gasteiger partial charge < -0.3 is 20.2 Å². The number of piperazine rings is 1. The van der Waals surface area contributed by atoms with Gasteiger partial charge in [0.2, 0.25) is 11.8 Å². The molecule has 1 saturated heterocycles. The highest BCUT2D eigenvalue weighted by atomic mass is 16.3. The van der Waals surface area contributed by atoms with Crippen molar-refractivity contribution in [3.8, 4) is 0 Å². The lowest BCUT2D eigenvalue weighted by molar-refractivity contribution is -0.140. The predicted molar refractivity (Wildman–Crippen MR) is 97.0 cm³/mol. The molecule has 0 spiro atoms. The van der Waals surface area contributed by atoms with E-state index in [4.69, 9.17) is 0 Å². The van der Waals surface area contributed by atoms with Crippen LogP contribution < -0.4 is 5.32 Å². The molecule has 1 heterocycles. The normalized spacial score (nSPS) is 18.0. The molecule has 6 nitrogen and oxygen atoms in total. The van der Waals surface area contributed by atoms with Crippen LogP contribution in [0.4, 0.5) is 0 Å². The van der Waals surface area contributed by atoms with Crippen molar-refractivity contribution in [1.82, 2.24) is 15.1 Å². The van der Waals surface area contributed by atoms with Crippen LogP contribution in [0.15, 0.2) is 30.3 Å². The molecule has 1 aromatic rings. The second-order valence-electron chi connectivity index (χ2n) is 7.07. The van der Waals surface area contributed by atoms with E-state index in [9.17, 15) is 14.7 Å². The molecule has 0 saturated carbocycles. The van der Waals surface area contributed by atoms with Gasteiger partial charge in [0, 0.05) is 32.6 Å². The summed E-state index contributed by atoms with van der Waals surface area (Å²) in [5.74, 6) is -0.768. The number of aliphatic hydroxyl groups is 1. The Morgan fingerprint density at radius 1 is 1.12 bits per heavy atom. The molecule has 2 N–H and O–H groups in total. The van der Waals surface area contributed by atoms with Gasteiger partial charge in [0.15, 0.2) is 0 Å². The lowest BCUT2D eigenvalue weighted by Gasteiger charge is -2.35. The van der Waals surface area contributed by atoms with Gasteiger partial charge in [-0.1, -0.05) is 44.2 Å². The summed E-state index contributed by atoms with van der Waals surface area (Å²) in [6, 6.07) is 8.97. The molecular weight excluding hydrogens is 318 g/mol. The molecule has 0 radical (unpaired) electrons. The highest BCUT2D eigenvalue weighted by Gasteiger charge is 2.30. The van der Waals surface area contributed by atoms with E-state index >= 15 is 0 Å². The average molecular weight is 347 g/mol. The number of hydrogen-bond acceptors (Lipinski definition) is 4.